The highest BCUT2D eigenvalue weighted by molar-refractivity contribution is 6.11. The van der Waals surface area contributed by atoms with Crippen LogP contribution in [0.1, 0.15) is 38.9 Å². The number of alkyl halides is 3. The molecule has 0 spiro atoms. The number of carbonyl (C=O) groups is 2. The Bertz CT molecular complexity index is 975. The number of ketones is 1. The van der Waals surface area contributed by atoms with E-state index in [0.717, 1.165) is 18.3 Å². The van der Waals surface area contributed by atoms with Crippen LogP contribution in [0, 0.1) is 0 Å². The van der Waals surface area contributed by atoms with E-state index in [2.05, 4.69) is 0 Å². The molecule has 0 saturated carbocycles. The highest BCUT2D eigenvalue weighted by Crippen LogP contribution is 2.32. The highest BCUT2D eigenvalue weighted by atomic mass is 19.4. The van der Waals surface area contributed by atoms with Gasteiger partial charge < -0.3 is 9.14 Å². The van der Waals surface area contributed by atoms with Crippen LogP contribution in [-0.4, -0.2) is 22.8 Å². The third-order valence-corrected chi connectivity index (χ3v) is 3.86. The van der Waals surface area contributed by atoms with Crippen molar-refractivity contribution in [2.24, 2.45) is 0 Å². The molecular formula is C19H14F3NO3. The van der Waals surface area contributed by atoms with Gasteiger partial charge in [-0.3, -0.25) is 4.79 Å². The zero-order valence-corrected chi connectivity index (χ0v) is 13.7. The fourth-order valence-corrected chi connectivity index (χ4v) is 2.66. The molecule has 0 fully saturated rings. The van der Waals surface area contributed by atoms with Crippen LogP contribution in [0.5, 0.6) is 0 Å². The second kappa shape index (κ2) is 6.67. The van der Waals surface area contributed by atoms with Gasteiger partial charge in [-0.2, -0.15) is 13.2 Å². The lowest BCUT2D eigenvalue weighted by molar-refractivity contribution is -0.137. The van der Waals surface area contributed by atoms with Gasteiger partial charge >= 0.3 is 12.1 Å². The van der Waals surface area contributed by atoms with Crippen LogP contribution in [0.25, 0.3) is 5.52 Å². The summed E-state index contributed by atoms with van der Waals surface area (Å²) in [6, 6.07) is 11.3. The number of hydrogen-bond donors (Lipinski definition) is 0. The molecule has 3 aromatic rings. The number of esters is 1. The number of carbonyl (C=O) groups excluding carboxylic acids is 2. The summed E-state index contributed by atoms with van der Waals surface area (Å²) in [5, 5.41) is 0. The van der Waals surface area contributed by atoms with Crippen molar-refractivity contribution in [3.05, 3.63) is 77.1 Å². The molecule has 3 rings (SSSR count). The molecule has 0 amide bonds. The lowest BCUT2D eigenvalue weighted by atomic mass is 10.1. The van der Waals surface area contributed by atoms with E-state index in [1.165, 1.54) is 10.5 Å². The summed E-state index contributed by atoms with van der Waals surface area (Å²) >= 11 is 0. The predicted molar refractivity (Wildman–Crippen MR) is 88.2 cm³/mol. The molecule has 0 saturated heterocycles. The van der Waals surface area contributed by atoms with Crippen molar-refractivity contribution in [1.29, 1.82) is 0 Å². The van der Waals surface area contributed by atoms with Crippen LogP contribution in [0.2, 0.25) is 0 Å². The number of rotatable bonds is 4. The molecule has 7 heteroatoms. The highest BCUT2D eigenvalue weighted by Gasteiger charge is 2.32. The van der Waals surface area contributed by atoms with E-state index in [1.54, 1.807) is 37.3 Å². The van der Waals surface area contributed by atoms with Crippen molar-refractivity contribution in [2.75, 3.05) is 6.61 Å². The molecule has 0 radical (unpaired) electrons. The molecule has 1 aromatic carbocycles. The number of fused-ring (bicyclic) bond motifs is 1. The Morgan fingerprint density at radius 3 is 2.38 bits per heavy atom. The minimum absolute atomic E-state index is 0.0300. The number of pyridine rings is 1. The number of halogens is 3. The topological polar surface area (TPSA) is 47.8 Å². The molecule has 0 unspecified atom stereocenters. The fourth-order valence-electron chi connectivity index (χ4n) is 2.66. The van der Waals surface area contributed by atoms with Crippen molar-refractivity contribution in [3.63, 3.8) is 0 Å². The first-order valence-corrected chi connectivity index (χ1v) is 7.82. The summed E-state index contributed by atoms with van der Waals surface area (Å²) in [7, 11) is 0. The van der Waals surface area contributed by atoms with E-state index >= 15 is 0 Å². The normalized spacial score (nSPS) is 11.5. The molecule has 134 valence electrons. The number of ether oxygens (including phenoxy) is 1. The molecule has 26 heavy (non-hydrogen) atoms. The number of hydrogen-bond acceptors (Lipinski definition) is 3. The van der Waals surface area contributed by atoms with E-state index in [1.807, 2.05) is 0 Å². The average Bonchev–Trinajstić information content (AvgIpc) is 3.00. The summed E-state index contributed by atoms with van der Waals surface area (Å²) in [4.78, 5) is 24.9. The van der Waals surface area contributed by atoms with Gasteiger partial charge in [0, 0.05) is 11.8 Å². The Balaban J connectivity index is 2.21. The number of benzene rings is 1. The molecule has 0 aliphatic rings. The van der Waals surface area contributed by atoms with Crippen molar-refractivity contribution < 1.29 is 27.5 Å². The Labute approximate surface area is 146 Å². The van der Waals surface area contributed by atoms with Crippen LogP contribution in [0.3, 0.4) is 0 Å². The maximum atomic E-state index is 13.0. The first kappa shape index (κ1) is 17.7. The number of aromatic nitrogens is 1. The zero-order chi connectivity index (χ0) is 18.9. The fraction of sp³-hybridized carbons (Fsp3) is 0.158. The predicted octanol–water partition coefficient (Wildman–Crippen LogP) is 4.37. The quantitative estimate of drug-likeness (QED) is 0.512. The first-order chi connectivity index (χ1) is 12.3. The molecule has 0 N–H and O–H groups in total. The van der Waals surface area contributed by atoms with Crippen molar-refractivity contribution in [3.8, 4) is 0 Å². The van der Waals surface area contributed by atoms with E-state index in [0.29, 0.717) is 5.56 Å². The van der Waals surface area contributed by atoms with Crippen LogP contribution < -0.4 is 0 Å². The molecule has 2 heterocycles. The Morgan fingerprint density at radius 2 is 1.77 bits per heavy atom. The van der Waals surface area contributed by atoms with Gasteiger partial charge in [-0.05, 0) is 25.1 Å². The molecule has 0 aliphatic heterocycles. The second-order valence-corrected chi connectivity index (χ2v) is 5.53. The van der Waals surface area contributed by atoms with Gasteiger partial charge in [0.1, 0.15) is 0 Å². The summed E-state index contributed by atoms with van der Waals surface area (Å²) < 4.78 is 45.3. The van der Waals surface area contributed by atoms with Crippen molar-refractivity contribution in [1.82, 2.24) is 4.40 Å². The van der Waals surface area contributed by atoms with E-state index < -0.39 is 23.5 Å². The van der Waals surface area contributed by atoms with E-state index in [-0.39, 0.29) is 23.4 Å². The van der Waals surface area contributed by atoms with Crippen molar-refractivity contribution in [2.45, 2.75) is 13.1 Å². The second-order valence-electron chi connectivity index (χ2n) is 5.53. The zero-order valence-electron chi connectivity index (χ0n) is 13.7. The molecule has 2 aromatic heterocycles. The monoisotopic (exact) mass is 361 g/mol. The minimum Gasteiger partial charge on any atom is -0.462 e. The summed E-state index contributed by atoms with van der Waals surface area (Å²) in [5.74, 6) is -1.19. The Hall–Kier alpha value is -3.09. The van der Waals surface area contributed by atoms with Crippen LogP contribution in [0.15, 0.2) is 54.7 Å². The van der Waals surface area contributed by atoms with Gasteiger partial charge in [-0.25, -0.2) is 4.79 Å². The van der Waals surface area contributed by atoms with Gasteiger partial charge in [-0.15, -0.1) is 0 Å². The van der Waals surface area contributed by atoms with Gasteiger partial charge in [0.25, 0.3) is 0 Å². The van der Waals surface area contributed by atoms with Gasteiger partial charge in [0.15, 0.2) is 0 Å². The van der Waals surface area contributed by atoms with Crippen LogP contribution >= 0.6 is 0 Å². The smallest absolute Gasteiger partial charge is 0.416 e. The third-order valence-electron chi connectivity index (χ3n) is 3.86. The molecule has 0 bridgehead atoms. The summed E-state index contributed by atoms with van der Waals surface area (Å²) in [5.41, 5.74) is -0.577. The summed E-state index contributed by atoms with van der Waals surface area (Å²) in [6.07, 6.45) is -3.43. The van der Waals surface area contributed by atoms with Crippen LogP contribution in [-0.2, 0) is 10.9 Å². The van der Waals surface area contributed by atoms with E-state index in [4.69, 9.17) is 4.74 Å². The Kier molecular flexibility index (Phi) is 4.54. The van der Waals surface area contributed by atoms with Crippen molar-refractivity contribution >= 4 is 17.3 Å². The summed E-state index contributed by atoms with van der Waals surface area (Å²) in [6.45, 7) is 1.66. The maximum absolute atomic E-state index is 13.0. The van der Waals surface area contributed by atoms with Crippen LogP contribution in [0.4, 0.5) is 13.2 Å². The molecular weight excluding hydrogens is 347 g/mol. The lowest BCUT2D eigenvalue weighted by Gasteiger charge is -2.09. The molecule has 0 aliphatic carbocycles. The molecule has 4 nitrogen and oxygen atoms in total. The SMILES string of the molecule is CCOC(=O)c1cc(C(=O)c2ccccc2)n2ccc(C(F)(F)F)cc12. The first-order valence-electron chi connectivity index (χ1n) is 7.82. The van der Waals surface area contributed by atoms with E-state index in [9.17, 15) is 22.8 Å². The molecule has 0 atom stereocenters. The van der Waals surface area contributed by atoms with Gasteiger partial charge in [0.05, 0.1) is 28.9 Å². The third kappa shape index (κ3) is 3.20. The maximum Gasteiger partial charge on any atom is 0.416 e. The standard InChI is InChI=1S/C19H14F3NO3/c1-2-26-18(25)14-11-16(17(24)12-6-4-3-5-7-12)23-9-8-13(10-15(14)23)19(20,21)22/h3-11H,2H2,1H3. The largest absolute Gasteiger partial charge is 0.462 e. The van der Waals surface area contributed by atoms with Gasteiger partial charge in [-0.1, -0.05) is 30.3 Å². The minimum atomic E-state index is -4.57. The number of nitrogens with zero attached hydrogens (tertiary/aromatic N) is 1. The average molecular weight is 361 g/mol. The lowest BCUT2D eigenvalue weighted by Crippen LogP contribution is -2.08. The Morgan fingerprint density at radius 1 is 1.08 bits per heavy atom. The van der Waals surface area contributed by atoms with Gasteiger partial charge in [0.2, 0.25) is 5.78 Å².